The summed E-state index contributed by atoms with van der Waals surface area (Å²) in [5.41, 5.74) is 0. The third kappa shape index (κ3) is 43.4. The van der Waals surface area contributed by atoms with Crippen molar-refractivity contribution in [3.8, 4) is 343 Å². The Hall–Kier alpha value is -14.7. The van der Waals surface area contributed by atoms with E-state index in [4.69, 9.17) is 0 Å². The summed E-state index contributed by atoms with van der Waals surface area (Å²) >= 11 is 0. The van der Waals surface area contributed by atoms with Gasteiger partial charge in [0.25, 0.3) is 0 Å². The number of rotatable bonds is 3. The SMILES string of the molecule is CC#CC#CC#CC#CC#CC#CC#CC#CC#CC#CC#CC#CC#CC#CC#CC#CC#CC#CC#CC#CC#CC#CC#CC#CC#CC#CC#CC#CC#CC.CC1CCCCC1.c1ccc(P(c2ccccc2)c2ccccc2)cc1. The Balaban J connectivity index is 0.000000775. The van der Waals surface area contributed by atoms with Crippen LogP contribution < -0.4 is 15.9 Å². The zero-order valence-corrected chi connectivity index (χ0v) is 47.6. The second kappa shape index (κ2) is 55.1. The smallest absolute Gasteiger partial charge is 0 e. The van der Waals surface area contributed by atoms with Gasteiger partial charge in [-0.15, -0.1) is 0 Å². The first-order chi connectivity index (χ1) is 42.8. The maximum atomic E-state index is 2.63. The molecule has 86 heavy (non-hydrogen) atoms. The fourth-order valence-electron chi connectivity index (χ4n) is 5.30. The molecule has 0 atom stereocenters. The Morgan fingerprint density at radius 3 is 0.465 bits per heavy atom. The molecule has 1 fully saturated rings. The van der Waals surface area contributed by atoms with Crippen molar-refractivity contribution in [1.82, 2.24) is 0 Å². The van der Waals surface area contributed by atoms with E-state index in [1.807, 2.05) is 0 Å². The predicted molar refractivity (Wildman–Crippen MR) is 354 cm³/mol. The standard InChI is InChI=1S/C60H6.C18H15P.C7H14/c1-3-5-7-9-11-13-15-17-19-21-23-25-27-29-31-33-35-37-39-41-43-45-47-49-51-53-55-57-59-60-58-56-54-52-50-48-46-44-42-40-38-36-34-32-30-28-26-24-22-20-18-16-14-12-10-8-6-4-2;1-4-10-16(11-5-1)19(17-12-6-2-7-13-17)18-14-8-3-9-15-18;1-7-5-3-2-4-6-7/h1-2H3;1-15H;7H,2-6H2,1H3. The summed E-state index contributed by atoms with van der Waals surface area (Å²) in [5, 5.41) is 4.19. The van der Waals surface area contributed by atoms with Crippen molar-refractivity contribution in [1.29, 1.82) is 0 Å². The molecule has 4 rings (SSSR count). The summed E-state index contributed by atoms with van der Waals surface area (Å²) in [6, 6.07) is 32.3. The van der Waals surface area contributed by atoms with E-state index in [-0.39, 0.29) is 0 Å². The molecular formula is C85H35P. The van der Waals surface area contributed by atoms with Crippen molar-refractivity contribution < 1.29 is 0 Å². The molecule has 0 aromatic heterocycles. The van der Waals surface area contributed by atoms with Gasteiger partial charge in [0, 0.05) is 237 Å². The third-order valence-electron chi connectivity index (χ3n) is 8.62. The fourth-order valence-corrected chi connectivity index (χ4v) is 7.60. The normalized spacial score (nSPS) is 7.16. The second-order valence-corrected chi connectivity index (χ2v) is 16.8. The zero-order chi connectivity index (χ0) is 61.0. The highest BCUT2D eigenvalue weighted by Gasteiger charge is 2.15. The molecule has 0 nitrogen and oxygen atoms in total. The van der Waals surface area contributed by atoms with Crippen LogP contribution in [0.15, 0.2) is 91.0 Å². The summed E-state index contributed by atoms with van der Waals surface area (Å²) in [6.07, 6.45) is 7.44. The van der Waals surface area contributed by atoms with Crippen LogP contribution in [0.5, 0.6) is 0 Å². The minimum atomic E-state index is -0.446. The van der Waals surface area contributed by atoms with Crippen LogP contribution in [0.25, 0.3) is 0 Å². The lowest BCUT2D eigenvalue weighted by atomic mass is 9.91. The molecule has 3 aromatic rings. The monoisotopic (exact) mass is 1090 g/mol. The van der Waals surface area contributed by atoms with Crippen LogP contribution in [0.2, 0.25) is 0 Å². The van der Waals surface area contributed by atoms with Gasteiger partial charge in [0.05, 0.1) is 0 Å². The van der Waals surface area contributed by atoms with Crippen LogP contribution >= 0.6 is 7.92 Å². The summed E-state index contributed by atoms with van der Waals surface area (Å²) < 4.78 is 0. The lowest BCUT2D eigenvalue weighted by molar-refractivity contribution is 0.385. The average molecular weight is 1090 g/mol. The lowest BCUT2D eigenvalue weighted by Gasteiger charge is -2.18. The van der Waals surface area contributed by atoms with Gasteiger partial charge in [-0.1, -0.05) is 142 Å². The molecule has 0 heterocycles. The molecule has 0 N–H and O–H groups in total. The molecule has 1 heteroatoms. The Kier molecular flexibility index (Phi) is 43.2. The summed E-state index contributed by atoms with van der Waals surface area (Å²) in [4.78, 5) is 0. The van der Waals surface area contributed by atoms with Crippen molar-refractivity contribution in [2.45, 2.75) is 52.9 Å². The van der Waals surface area contributed by atoms with Crippen molar-refractivity contribution >= 4 is 23.8 Å². The van der Waals surface area contributed by atoms with Gasteiger partial charge in [-0.25, -0.2) is 0 Å². The molecular weight excluding hydrogens is 1050 g/mol. The minimum Gasteiger partial charge on any atom is -0.0925 e. The van der Waals surface area contributed by atoms with E-state index in [1.165, 1.54) is 48.0 Å². The molecule has 0 radical (unpaired) electrons. The highest BCUT2D eigenvalue weighted by molar-refractivity contribution is 7.79. The molecule has 0 spiro atoms. The van der Waals surface area contributed by atoms with Crippen molar-refractivity contribution in [2.75, 3.05) is 0 Å². The molecule has 3 aromatic carbocycles. The molecule has 1 saturated carbocycles. The van der Waals surface area contributed by atoms with Crippen LogP contribution in [0.4, 0.5) is 0 Å². The molecule has 0 saturated heterocycles. The third-order valence-corrected chi connectivity index (χ3v) is 11.1. The summed E-state index contributed by atoms with van der Waals surface area (Å²) in [5.74, 6) is 147. The molecule has 1 aliphatic carbocycles. The van der Waals surface area contributed by atoms with E-state index in [9.17, 15) is 0 Å². The van der Waals surface area contributed by atoms with Gasteiger partial charge in [0.15, 0.2) is 0 Å². The van der Waals surface area contributed by atoms with Gasteiger partial charge in [-0.2, -0.15) is 0 Å². The minimum absolute atomic E-state index is 0.446. The van der Waals surface area contributed by atoms with Gasteiger partial charge in [0.1, 0.15) is 0 Å². The van der Waals surface area contributed by atoms with Crippen molar-refractivity contribution in [3.05, 3.63) is 91.0 Å². The molecule has 0 amide bonds. The molecule has 0 bridgehead atoms. The van der Waals surface area contributed by atoms with Crippen LogP contribution in [0.3, 0.4) is 0 Å². The Labute approximate surface area is 513 Å². The van der Waals surface area contributed by atoms with Crippen LogP contribution in [-0.4, -0.2) is 0 Å². The van der Waals surface area contributed by atoms with Gasteiger partial charge >= 0.3 is 0 Å². The Morgan fingerprint density at radius 2 is 0.349 bits per heavy atom. The first kappa shape index (κ1) is 67.4. The van der Waals surface area contributed by atoms with Gasteiger partial charge in [-0.3, -0.25) is 0 Å². The molecule has 1 aliphatic rings. The molecule has 0 unspecified atom stereocenters. The average Bonchev–Trinajstić information content (AvgIpc) is 3.47. The van der Waals surface area contributed by atoms with Crippen LogP contribution in [-0.2, 0) is 0 Å². The van der Waals surface area contributed by atoms with Crippen molar-refractivity contribution in [3.63, 3.8) is 0 Å². The van der Waals surface area contributed by atoms with Crippen molar-refractivity contribution in [2.24, 2.45) is 5.92 Å². The molecule has 0 aliphatic heterocycles. The largest absolute Gasteiger partial charge is 0.0925 e. The summed E-state index contributed by atoms with van der Waals surface area (Å²) in [6.45, 7) is 5.73. The van der Waals surface area contributed by atoms with E-state index in [1.54, 1.807) is 13.8 Å². The Morgan fingerprint density at radius 1 is 0.209 bits per heavy atom. The zero-order valence-electron chi connectivity index (χ0n) is 46.7. The first-order valence-electron chi connectivity index (χ1n) is 25.0. The first-order valence-corrected chi connectivity index (χ1v) is 26.4. The topological polar surface area (TPSA) is 0 Å². The van der Waals surface area contributed by atoms with Gasteiger partial charge in [0.2, 0.25) is 0 Å². The van der Waals surface area contributed by atoms with Crippen LogP contribution in [0, 0.1) is 349 Å². The van der Waals surface area contributed by atoms with Gasteiger partial charge < -0.3 is 0 Å². The van der Waals surface area contributed by atoms with E-state index < -0.39 is 7.92 Å². The summed E-state index contributed by atoms with van der Waals surface area (Å²) in [7, 11) is -0.446. The Bertz CT molecular complexity index is 4640. The van der Waals surface area contributed by atoms with E-state index in [2.05, 4.69) is 441 Å². The lowest BCUT2D eigenvalue weighted by Crippen LogP contribution is -2.20. The highest BCUT2D eigenvalue weighted by atomic mass is 31.1. The van der Waals surface area contributed by atoms with Gasteiger partial charge in [-0.05, 0) is 138 Å². The second-order valence-electron chi connectivity index (χ2n) is 14.6. The number of benzene rings is 3. The van der Waals surface area contributed by atoms with E-state index >= 15 is 0 Å². The number of hydrogen-bond acceptors (Lipinski definition) is 0. The maximum absolute atomic E-state index is 2.63. The maximum Gasteiger partial charge on any atom is 0 e. The van der Waals surface area contributed by atoms with Crippen LogP contribution in [0.1, 0.15) is 52.9 Å². The quantitative estimate of drug-likeness (QED) is 0.193. The number of hydrogen-bond donors (Lipinski definition) is 0. The highest BCUT2D eigenvalue weighted by Crippen LogP contribution is 2.32. The van der Waals surface area contributed by atoms with E-state index in [0.717, 1.165) is 5.92 Å². The fraction of sp³-hybridized carbons (Fsp3) is 0.106. The predicted octanol–water partition coefficient (Wildman–Crippen LogP) is 7.16. The van der Waals surface area contributed by atoms with E-state index in [0.29, 0.717) is 0 Å². The molecule has 380 valence electrons.